The van der Waals surface area contributed by atoms with Crippen LogP contribution in [0.5, 0.6) is 0 Å². The second kappa shape index (κ2) is 5.97. The van der Waals surface area contributed by atoms with E-state index in [-0.39, 0.29) is 0 Å². The minimum absolute atomic E-state index is 0.396. The molecule has 5 heteroatoms. The van der Waals surface area contributed by atoms with Crippen molar-refractivity contribution in [2.75, 3.05) is 17.3 Å². The van der Waals surface area contributed by atoms with Crippen molar-refractivity contribution in [2.24, 2.45) is 0 Å². The maximum atomic E-state index is 12.0. The summed E-state index contributed by atoms with van der Waals surface area (Å²) in [4.78, 5) is 29.3. The van der Waals surface area contributed by atoms with Gasteiger partial charge in [-0.2, -0.15) is 0 Å². The lowest BCUT2D eigenvalue weighted by atomic mass is 10.3. The van der Waals surface area contributed by atoms with Crippen LogP contribution in [-0.2, 0) is 9.59 Å². The van der Waals surface area contributed by atoms with E-state index >= 15 is 0 Å². The molecule has 0 aliphatic heterocycles. The predicted octanol–water partition coefficient (Wildman–Crippen LogP) is 1.99. The summed E-state index contributed by atoms with van der Waals surface area (Å²) in [6.45, 7) is 1.81. The number of benzene rings is 1. The maximum Gasteiger partial charge on any atom is 0.316 e. The van der Waals surface area contributed by atoms with Crippen LogP contribution in [-0.4, -0.2) is 23.8 Å². The smallest absolute Gasteiger partial charge is 0.307 e. The molecule has 1 heterocycles. The Hall–Kier alpha value is -2.69. The quantitative estimate of drug-likeness (QED) is 0.848. The van der Waals surface area contributed by atoms with Gasteiger partial charge in [0.2, 0.25) is 0 Å². The van der Waals surface area contributed by atoms with Gasteiger partial charge in [0.1, 0.15) is 5.82 Å². The van der Waals surface area contributed by atoms with Gasteiger partial charge in [0.15, 0.2) is 0 Å². The van der Waals surface area contributed by atoms with Gasteiger partial charge in [0.25, 0.3) is 0 Å². The van der Waals surface area contributed by atoms with Gasteiger partial charge in [0.05, 0.1) is 0 Å². The number of likely N-dealkylation sites (N-methyl/N-ethyl adjacent to an activating group) is 1. The normalized spacial score (nSPS) is 9.90. The monoisotopic (exact) mass is 269 g/mol. The van der Waals surface area contributed by atoms with Crippen molar-refractivity contribution in [2.45, 2.75) is 6.92 Å². The maximum absolute atomic E-state index is 12.0. The van der Waals surface area contributed by atoms with Crippen molar-refractivity contribution < 1.29 is 9.59 Å². The third-order valence-corrected chi connectivity index (χ3v) is 2.88. The van der Waals surface area contributed by atoms with Gasteiger partial charge < -0.3 is 10.2 Å². The Labute approximate surface area is 117 Å². The first-order valence-corrected chi connectivity index (χ1v) is 6.15. The van der Waals surface area contributed by atoms with E-state index < -0.39 is 11.8 Å². The zero-order valence-corrected chi connectivity index (χ0v) is 11.3. The lowest BCUT2D eigenvalue weighted by Gasteiger charge is -2.16. The summed E-state index contributed by atoms with van der Waals surface area (Å²) in [6, 6.07) is 12.6. The van der Waals surface area contributed by atoms with Crippen LogP contribution in [0.2, 0.25) is 0 Å². The van der Waals surface area contributed by atoms with Crippen LogP contribution in [0.25, 0.3) is 0 Å². The number of anilines is 2. The molecule has 0 atom stereocenters. The summed E-state index contributed by atoms with van der Waals surface area (Å²) >= 11 is 0. The lowest BCUT2D eigenvalue weighted by molar-refractivity contribution is -0.134. The summed E-state index contributed by atoms with van der Waals surface area (Å²) in [7, 11) is 1.56. The number of aromatic nitrogens is 1. The van der Waals surface area contributed by atoms with Crippen LogP contribution in [0.4, 0.5) is 11.5 Å². The van der Waals surface area contributed by atoms with E-state index in [4.69, 9.17) is 0 Å². The first kappa shape index (κ1) is 13.7. The average molecular weight is 269 g/mol. The molecule has 0 radical (unpaired) electrons. The van der Waals surface area contributed by atoms with E-state index in [0.717, 1.165) is 5.56 Å². The summed E-state index contributed by atoms with van der Waals surface area (Å²) < 4.78 is 0. The number of carbonyl (C=O) groups is 2. The Morgan fingerprint density at radius 3 is 2.45 bits per heavy atom. The fraction of sp³-hybridized carbons (Fsp3) is 0.133. The Kier molecular flexibility index (Phi) is 4.10. The third kappa shape index (κ3) is 3.00. The number of nitrogens with one attached hydrogen (secondary N) is 1. The first-order chi connectivity index (χ1) is 9.59. The third-order valence-electron chi connectivity index (χ3n) is 2.88. The summed E-state index contributed by atoms with van der Waals surface area (Å²) in [5.74, 6) is -0.952. The van der Waals surface area contributed by atoms with Crippen molar-refractivity contribution in [1.29, 1.82) is 0 Å². The Balaban J connectivity index is 2.10. The second-order valence-electron chi connectivity index (χ2n) is 4.32. The van der Waals surface area contributed by atoms with Gasteiger partial charge in [-0.1, -0.05) is 24.3 Å². The number of para-hydroxylation sites is 1. The number of pyridine rings is 1. The zero-order chi connectivity index (χ0) is 14.5. The highest BCUT2D eigenvalue weighted by Crippen LogP contribution is 2.13. The molecule has 0 spiro atoms. The lowest BCUT2D eigenvalue weighted by Crippen LogP contribution is -2.37. The number of nitrogens with zero attached hydrogens (tertiary/aromatic N) is 2. The van der Waals surface area contributed by atoms with E-state index in [9.17, 15) is 9.59 Å². The van der Waals surface area contributed by atoms with Crippen LogP contribution in [0, 0.1) is 6.92 Å². The Morgan fingerprint density at radius 2 is 1.80 bits per heavy atom. The van der Waals surface area contributed by atoms with Gasteiger partial charge in [-0.3, -0.25) is 9.59 Å². The highest BCUT2D eigenvalue weighted by Gasteiger charge is 2.20. The highest BCUT2D eigenvalue weighted by atomic mass is 16.2. The topological polar surface area (TPSA) is 62.3 Å². The summed E-state index contributed by atoms with van der Waals surface area (Å²) in [5.41, 5.74) is 1.46. The van der Waals surface area contributed by atoms with Crippen LogP contribution in [0.15, 0.2) is 48.7 Å². The van der Waals surface area contributed by atoms with Crippen molar-refractivity contribution >= 4 is 23.3 Å². The highest BCUT2D eigenvalue weighted by molar-refractivity contribution is 6.44. The van der Waals surface area contributed by atoms with E-state index in [1.807, 2.05) is 19.1 Å². The first-order valence-electron chi connectivity index (χ1n) is 6.15. The molecular weight excluding hydrogens is 254 g/mol. The molecule has 0 saturated carbocycles. The molecule has 0 saturated heterocycles. The minimum Gasteiger partial charge on any atom is -0.307 e. The predicted molar refractivity (Wildman–Crippen MR) is 77.5 cm³/mol. The molecule has 0 fully saturated rings. The van der Waals surface area contributed by atoms with Gasteiger partial charge in [0, 0.05) is 18.9 Å². The Bertz CT molecular complexity index is 626. The van der Waals surface area contributed by atoms with Gasteiger partial charge >= 0.3 is 11.8 Å². The van der Waals surface area contributed by atoms with Gasteiger partial charge in [-0.25, -0.2) is 4.98 Å². The molecule has 102 valence electrons. The average Bonchev–Trinajstić information content (AvgIpc) is 2.49. The standard InChI is InChI=1S/C15H15N3O2/c1-11-7-6-10-16-13(11)17-14(19)15(20)18(2)12-8-4-3-5-9-12/h3-10H,1-2H3,(H,16,17,19). The van der Waals surface area contributed by atoms with E-state index in [0.29, 0.717) is 11.5 Å². The van der Waals surface area contributed by atoms with Crippen molar-refractivity contribution in [3.63, 3.8) is 0 Å². The zero-order valence-electron chi connectivity index (χ0n) is 11.3. The molecule has 1 aromatic carbocycles. The largest absolute Gasteiger partial charge is 0.316 e. The number of carbonyl (C=O) groups excluding carboxylic acids is 2. The number of rotatable bonds is 2. The molecule has 5 nitrogen and oxygen atoms in total. The molecule has 1 aromatic heterocycles. The molecule has 20 heavy (non-hydrogen) atoms. The number of aryl methyl sites for hydroxylation is 1. The van der Waals surface area contributed by atoms with Crippen LogP contribution >= 0.6 is 0 Å². The van der Waals surface area contributed by atoms with Crippen molar-refractivity contribution in [3.05, 3.63) is 54.2 Å². The van der Waals surface area contributed by atoms with Crippen LogP contribution in [0.1, 0.15) is 5.56 Å². The summed E-state index contributed by atoms with van der Waals surface area (Å²) in [5, 5.41) is 2.52. The van der Waals surface area contributed by atoms with Crippen molar-refractivity contribution in [3.8, 4) is 0 Å². The molecule has 2 rings (SSSR count). The van der Waals surface area contributed by atoms with Crippen LogP contribution in [0.3, 0.4) is 0 Å². The van der Waals surface area contributed by atoms with E-state index in [2.05, 4.69) is 10.3 Å². The molecule has 0 unspecified atom stereocenters. The SMILES string of the molecule is Cc1cccnc1NC(=O)C(=O)N(C)c1ccccc1. The van der Waals surface area contributed by atoms with Gasteiger partial charge in [-0.15, -0.1) is 0 Å². The Morgan fingerprint density at radius 1 is 1.10 bits per heavy atom. The molecule has 2 amide bonds. The number of hydrogen-bond acceptors (Lipinski definition) is 3. The van der Waals surface area contributed by atoms with E-state index in [1.54, 1.807) is 43.6 Å². The molecule has 0 aliphatic carbocycles. The molecule has 0 aliphatic rings. The molecule has 1 N–H and O–H groups in total. The molecule has 2 aromatic rings. The summed E-state index contributed by atoms with van der Waals surface area (Å²) in [6.07, 6.45) is 1.56. The van der Waals surface area contributed by atoms with E-state index in [1.165, 1.54) is 4.90 Å². The molecular formula is C15H15N3O2. The van der Waals surface area contributed by atoms with Crippen molar-refractivity contribution in [1.82, 2.24) is 4.98 Å². The second-order valence-corrected chi connectivity index (χ2v) is 4.32. The fourth-order valence-electron chi connectivity index (χ4n) is 1.70. The number of amides is 2. The van der Waals surface area contributed by atoms with Gasteiger partial charge in [-0.05, 0) is 30.7 Å². The number of hydrogen-bond donors (Lipinski definition) is 1. The fourth-order valence-corrected chi connectivity index (χ4v) is 1.70. The minimum atomic E-state index is -0.710. The molecule has 0 bridgehead atoms. The van der Waals surface area contributed by atoms with Crippen LogP contribution < -0.4 is 10.2 Å².